The van der Waals surface area contributed by atoms with E-state index in [2.05, 4.69) is 45.5 Å². The van der Waals surface area contributed by atoms with Gasteiger partial charge in [0.15, 0.2) is 0 Å². The molecule has 0 aromatic heterocycles. The van der Waals surface area contributed by atoms with Crippen molar-refractivity contribution in [3.8, 4) is 0 Å². The predicted octanol–water partition coefficient (Wildman–Crippen LogP) is 4.72. The van der Waals surface area contributed by atoms with Crippen molar-refractivity contribution >= 4 is 12.4 Å². The standard InChI is InChI=1S/C16H21N/c1-13(16(2,3)4)11-12-15(17-5)14-9-7-6-8-10-14/h6-12H,5H2,1-4H3/b13-11+,15-12-. The highest BCUT2D eigenvalue weighted by Crippen LogP contribution is 2.25. The highest BCUT2D eigenvalue weighted by Gasteiger charge is 2.11. The van der Waals surface area contributed by atoms with Crippen LogP contribution in [0.2, 0.25) is 0 Å². The Morgan fingerprint density at radius 3 is 2.18 bits per heavy atom. The van der Waals surface area contributed by atoms with Crippen LogP contribution in [0.25, 0.3) is 5.70 Å². The molecule has 1 heteroatoms. The summed E-state index contributed by atoms with van der Waals surface area (Å²) in [4.78, 5) is 4.08. The molecule has 1 nitrogen and oxygen atoms in total. The van der Waals surface area contributed by atoms with Gasteiger partial charge in [0.1, 0.15) is 0 Å². The van der Waals surface area contributed by atoms with Gasteiger partial charge in [0.2, 0.25) is 0 Å². The van der Waals surface area contributed by atoms with Gasteiger partial charge in [-0.3, -0.25) is 4.99 Å². The Hall–Kier alpha value is -1.63. The maximum absolute atomic E-state index is 4.08. The number of nitrogens with zero attached hydrogens (tertiary/aromatic N) is 1. The number of rotatable bonds is 3. The topological polar surface area (TPSA) is 12.4 Å². The molecule has 90 valence electrons. The number of aliphatic imine (C=N–C) groups is 1. The van der Waals surface area contributed by atoms with E-state index in [9.17, 15) is 0 Å². The third-order valence-corrected chi connectivity index (χ3v) is 2.91. The lowest BCUT2D eigenvalue weighted by molar-refractivity contribution is 0.504. The first kappa shape index (κ1) is 13.4. The Labute approximate surface area is 105 Å². The van der Waals surface area contributed by atoms with Crippen LogP contribution in [0.5, 0.6) is 0 Å². The zero-order valence-corrected chi connectivity index (χ0v) is 11.2. The lowest BCUT2D eigenvalue weighted by Crippen LogP contribution is -2.05. The lowest BCUT2D eigenvalue weighted by Gasteiger charge is -2.18. The Bertz CT molecular complexity index is 430. The van der Waals surface area contributed by atoms with E-state index in [-0.39, 0.29) is 5.41 Å². The average molecular weight is 227 g/mol. The van der Waals surface area contributed by atoms with Crippen LogP contribution in [0.3, 0.4) is 0 Å². The molecule has 0 amide bonds. The summed E-state index contributed by atoms with van der Waals surface area (Å²) in [6, 6.07) is 10.1. The molecule has 0 heterocycles. The smallest absolute Gasteiger partial charge is 0.0694 e. The molecule has 1 aromatic carbocycles. The van der Waals surface area contributed by atoms with E-state index in [0.29, 0.717) is 0 Å². The van der Waals surface area contributed by atoms with Crippen molar-refractivity contribution in [1.29, 1.82) is 0 Å². The van der Waals surface area contributed by atoms with Gasteiger partial charge in [-0.15, -0.1) is 0 Å². The SMILES string of the molecule is C=N/C(=C\C=C(/C)C(C)(C)C)c1ccccc1. The molecular weight excluding hydrogens is 206 g/mol. The molecule has 0 spiro atoms. The largest absolute Gasteiger partial charge is 0.264 e. The maximum atomic E-state index is 4.08. The first-order valence-corrected chi connectivity index (χ1v) is 5.86. The molecule has 0 radical (unpaired) electrons. The van der Waals surface area contributed by atoms with Gasteiger partial charge in [0.25, 0.3) is 0 Å². The monoisotopic (exact) mass is 227 g/mol. The van der Waals surface area contributed by atoms with Gasteiger partial charge >= 0.3 is 0 Å². The van der Waals surface area contributed by atoms with Gasteiger partial charge < -0.3 is 0 Å². The van der Waals surface area contributed by atoms with Crippen LogP contribution in [0, 0.1) is 5.41 Å². The normalized spacial score (nSPS) is 13.6. The molecule has 0 bridgehead atoms. The van der Waals surface area contributed by atoms with Crippen molar-refractivity contribution in [2.45, 2.75) is 27.7 Å². The van der Waals surface area contributed by atoms with Crippen LogP contribution in [-0.4, -0.2) is 6.72 Å². The number of hydrogen-bond acceptors (Lipinski definition) is 1. The van der Waals surface area contributed by atoms with Crippen molar-refractivity contribution in [3.63, 3.8) is 0 Å². The zero-order chi connectivity index (χ0) is 12.9. The molecule has 1 rings (SSSR count). The minimum absolute atomic E-state index is 0.194. The van der Waals surface area contributed by atoms with Crippen LogP contribution < -0.4 is 0 Å². The van der Waals surface area contributed by atoms with Gasteiger partial charge in [0.05, 0.1) is 5.70 Å². The van der Waals surface area contributed by atoms with E-state index in [0.717, 1.165) is 11.3 Å². The van der Waals surface area contributed by atoms with Crippen LogP contribution in [0.1, 0.15) is 33.3 Å². The molecule has 0 aliphatic heterocycles. The van der Waals surface area contributed by atoms with Gasteiger partial charge in [-0.05, 0) is 25.1 Å². The fourth-order valence-corrected chi connectivity index (χ4v) is 1.30. The van der Waals surface area contributed by atoms with Crippen molar-refractivity contribution in [2.75, 3.05) is 0 Å². The van der Waals surface area contributed by atoms with Gasteiger partial charge in [-0.1, -0.05) is 62.8 Å². The average Bonchev–Trinajstić information content (AvgIpc) is 2.29. The summed E-state index contributed by atoms with van der Waals surface area (Å²) in [6.07, 6.45) is 4.15. The van der Waals surface area contributed by atoms with Gasteiger partial charge in [0, 0.05) is 5.56 Å². The molecule has 0 atom stereocenters. The summed E-state index contributed by atoms with van der Waals surface area (Å²) < 4.78 is 0. The Kier molecular flexibility index (Phi) is 4.45. The van der Waals surface area contributed by atoms with E-state index >= 15 is 0 Å². The van der Waals surface area contributed by atoms with Crippen LogP contribution in [-0.2, 0) is 0 Å². The molecule has 0 N–H and O–H groups in total. The molecule has 17 heavy (non-hydrogen) atoms. The summed E-state index contributed by atoms with van der Waals surface area (Å²) in [6.45, 7) is 12.4. The molecule has 0 saturated carbocycles. The molecule has 0 fully saturated rings. The molecule has 0 unspecified atom stereocenters. The first-order valence-electron chi connectivity index (χ1n) is 5.86. The van der Waals surface area contributed by atoms with Crippen LogP contribution in [0.4, 0.5) is 0 Å². The zero-order valence-electron chi connectivity index (χ0n) is 11.2. The second-order valence-electron chi connectivity index (χ2n) is 5.18. The maximum Gasteiger partial charge on any atom is 0.0694 e. The summed E-state index contributed by atoms with van der Waals surface area (Å²) in [5, 5.41) is 0. The van der Waals surface area contributed by atoms with Crippen molar-refractivity contribution in [1.82, 2.24) is 0 Å². The predicted molar refractivity (Wildman–Crippen MR) is 77.2 cm³/mol. The van der Waals surface area contributed by atoms with E-state index < -0.39 is 0 Å². The second-order valence-corrected chi connectivity index (χ2v) is 5.18. The summed E-state index contributed by atoms with van der Waals surface area (Å²) >= 11 is 0. The fourth-order valence-electron chi connectivity index (χ4n) is 1.30. The van der Waals surface area contributed by atoms with Crippen LogP contribution >= 0.6 is 0 Å². The summed E-state index contributed by atoms with van der Waals surface area (Å²) in [7, 11) is 0. The molecular formula is C16H21N. The fraction of sp³-hybridized carbons (Fsp3) is 0.312. The quantitative estimate of drug-likeness (QED) is 0.523. The molecule has 0 aliphatic rings. The van der Waals surface area contributed by atoms with E-state index in [1.165, 1.54) is 5.57 Å². The van der Waals surface area contributed by atoms with E-state index in [4.69, 9.17) is 0 Å². The van der Waals surface area contributed by atoms with Crippen molar-refractivity contribution in [3.05, 3.63) is 53.6 Å². The molecule has 1 aromatic rings. The minimum atomic E-state index is 0.194. The summed E-state index contributed by atoms with van der Waals surface area (Å²) in [5.74, 6) is 0. The number of allylic oxidation sites excluding steroid dienone is 3. The first-order chi connectivity index (χ1) is 7.95. The minimum Gasteiger partial charge on any atom is -0.264 e. The van der Waals surface area contributed by atoms with E-state index in [1.54, 1.807) is 0 Å². The second kappa shape index (κ2) is 5.62. The van der Waals surface area contributed by atoms with Gasteiger partial charge in [-0.2, -0.15) is 0 Å². The van der Waals surface area contributed by atoms with Crippen molar-refractivity contribution in [2.24, 2.45) is 10.4 Å². The summed E-state index contributed by atoms with van der Waals surface area (Å²) in [5.41, 5.74) is 3.53. The molecule has 0 aliphatic carbocycles. The third kappa shape index (κ3) is 4.03. The molecule has 0 saturated heterocycles. The van der Waals surface area contributed by atoms with Crippen molar-refractivity contribution < 1.29 is 0 Å². The highest BCUT2D eigenvalue weighted by atomic mass is 14.7. The van der Waals surface area contributed by atoms with Gasteiger partial charge in [-0.25, -0.2) is 0 Å². The highest BCUT2D eigenvalue weighted by molar-refractivity contribution is 5.69. The Morgan fingerprint density at radius 2 is 1.71 bits per heavy atom. The third-order valence-electron chi connectivity index (χ3n) is 2.91. The van der Waals surface area contributed by atoms with Crippen LogP contribution in [0.15, 0.2) is 53.0 Å². The Morgan fingerprint density at radius 1 is 1.12 bits per heavy atom. The van der Waals surface area contributed by atoms with E-state index in [1.807, 2.05) is 36.4 Å². The lowest BCUT2D eigenvalue weighted by atomic mass is 9.87. The Balaban J connectivity index is 3.01. The number of hydrogen-bond donors (Lipinski definition) is 0. The number of benzene rings is 1.